The maximum Gasteiger partial charge on any atom is 0.261 e. The predicted octanol–water partition coefficient (Wildman–Crippen LogP) is 0.583. The number of aromatic amines is 1. The molecule has 21 heavy (non-hydrogen) atoms. The number of nitrogens with two attached hydrogens (primary N) is 1. The minimum Gasteiger partial charge on any atom is -0.328 e. The molecule has 8 heteroatoms. The minimum absolute atomic E-state index is 0.0739. The molecule has 7 nitrogen and oxygen atoms in total. The van der Waals surface area contributed by atoms with Gasteiger partial charge in [-0.2, -0.15) is 0 Å². The molecule has 0 saturated carbocycles. The summed E-state index contributed by atoms with van der Waals surface area (Å²) in [4.78, 5) is 25.8. The van der Waals surface area contributed by atoms with Crippen LogP contribution in [0.3, 0.4) is 0 Å². The topological polar surface area (TPSA) is 122 Å². The van der Waals surface area contributed by atoms with Gasteiger partial charge in [0.2, 0.25) is 10.0 Å². The number of pyridine rings is 1. The van der Waals surface area contributed by atoms with E-state index in [4.69, 9.17) is 5.14 Å². The van der Waals surface area contributed by atoms with Crippen molar-refractivity contribution in [2.24, 2.45) is 5.14 Å². The van der Waals surface area contributed by atoms with E-state index < -0.39 is 21.5 Å². The summed E-state index contributed by atoms with van der Waals surface area (Å²) in [7, 11) is -3.88. The Morgan fingerprint density at radius 1 is 1.29 bits per heavy atom. The van der Waals surface area contributed by atoms with Crippen LogP contribution in [0.5, 0.6) is 0 Å². The van der Waals surface area contributed by atoms with E-state index in [0.29, 0.717) is 5.56 Å². The zero-order valence-corrected chi connectivity index (χ0v) is 11.9. The van der Waals surface area contributed by atoms with E-state index in [1.807, 2.05) is 0 Å². The number of nitrogens with one attached hydrogen (secondary N) is 2. The van der Waals surface area contributed by atoms with Gasteiger partial charge in [0.1, 0.15) is 5.56 Å². The smallest absolute Gasteiger partial charge is 0.261 e. The molecule has 1 aromatic heterocycles. The van der Waals surface area contributed by atoms with Crippen LogP contribution in [-0.4, -0.2) is 19.3 Å². The molecule has 2 aromatic rings. The van der Waals surface area contributed by atoms with Gasteiger partial charge in [-0.05, 0) is 36.8 Å². The van der Waals surface area contributed by atoms with Crippen molar-refractivity contribution in [3.05, 3.63) is 58.0 Å². The largest absolute Gasteiger partial charge is 0.328 e. The van der Waals surface area contributed by atoms with Crippen molar-refractivity contribution in [1.29, 1.82) is 0 Å². The van der Waals surface area contributed by atoms with Gasteiger partial charge in [0, 0.05) is 11.9 Å². The molecule has 2 rings (SSSR count). The Balaban J connectivity index is 2.35. The first-order chi connectivity index (χ1) is 9.79. The Hall–Kier alpha value is -2.45. The van der Waals surface area contributed by atoms with Crippen molar-refractivity contribution in [1.82, 2.24) is 4.98 Å². The van der Waals surface area contributed by atoms with Crippen molar-refractivity contribution >= 4 is 21.6 Å². The summed E-state index contributed by atoms with van der Waals surface area (Å²) in [5.74, 6) is -0.638. The number of carbonyl (C=O) groups is 1. The quantitative estimate of drug-likeness (QED) is 0.767. The average molecular weight is 307 g/mol. The molecule has 0 aliphatic carbocycles. The van der Waals surface area contributed by atoms with Crippen LogP contribution < -0.4 is 16.0 Å². The third-order valence-corrected chi connectivity index (χ3v) is 3.87. The van der Waals surface area contributed by atoms with Crippen LogP contribution in [0.15, 0.2) is 46.2 Å². The first-order valence-corrected chi connectivity index (χ1v) is 7.46. The second kappa shape index (κ2) is 5.51. The van der Waals surface area contributed by atoms with Crippen molar-refractivity contribution in [3.63, 3.8) is 0 Å². The van der Waals surface area contributed by atoms with Gasteiger partial charge in [-0.1, -0.05) is 6.07 Å². The number of anilines is 1. The number of aromatic nitrogens is 1. The second-order valence-corrected chi connectivity index (χ2v) is 5.92. The first kappa shape index (κ1) is 14.9. The fourth-order valence-corrected chi connectivity index (χ4v) is 2.59. The third kappa shape index (κ3) is 3.36. The summed E-state index contributed by atoms with van der Waals surface area (Å²) in [6, 6.07) is 7.17. The highest BCUT2D eigenvalue weighted by Gasteiger charge is 2.14. The van der Waals surface area contributed by atoms with Gasteiger partial charge in [-0.15, -0.1) is 0 Å². The van der Waals surface area contributed by atoms with E-state index in [0.717, 1.165) is 0 Å². The van der Waals surface area contributed by atoms with Crippen molar-refractivity contribution in [2.45, 2.75) is 11.8 Å². The summed E-state index contributed by atoms with van der Waals surface area (Å²) in [5, 5.41) is 7.56. The molecule has 110 valence electrons. The number of primary sulfonamides is 1. The van der Waals surface area contributed by atoms with Crippen molar-refractivity contribution < 1.29 is 13.2 Å². The zero-order valence-electron chi connectivity index (χ0n) is 11.1. The van der Waals surface area contributed by atoms with Gasteiger partial charge in [0.25, 0.3) is 11.5 Å². The number of benzene rings is 1. The highest BCUT2D eigenvalue weighted by atomic mass is 32.2. The normalized spacial score (nSPS) is 11.1. The summed E-state index contributed by atoms with van der Waals surface area (Å²) in [5.41, 5.74) is 0.0925. The Bertz CT molecular complexity index is 856. The first-order valence-electron chi connectivity index (χ1n) is 5.91. The molecule has 0 saturated heterocycles. The second-order valence-electron chi connectivity index (χ2n) is 4.39. The number of carbonyl (C=O) groups excluding carboxylic acids is 1. The van der Waals surface area contributed by atoms with Gasteiger partial charge in [-0.3, -0.25) is 9.59 Å². The molecule has 0 aliphatic rings. The van der Waals surface area contributed by atoms with E-state index >= 15 is 0 Å². The van der Waals surface area contributed by atoms with Gasteiger partial charge in [0.05, 0.1) is 4.90 Å². The standard InChI is InChI=1S/C13H13N3O4S/c1-8-4-5-9(7-11(8)21(14,19)20)16-13(18)10-3-2-6-15-12(10)17/h2-7H,1H3,(H,15,17)(H,16,18)(H2,14,19,20). The van der Waals surface area contributed by atoms with Gasteiger partial charge in [-0.25, -0.2) is 13.6 Å². The molecule has 1 heterocycles. The van der Waals surface area contributed by atoms with Crippen LogP contribution in [0.2, 0.25) is 0 Å². The van der Waals surface area contributed by atoms with E-state index in [2.05, 4.69) is 10.3 Å². The van der Waals surface area contributed by atoms with Crippen molar-refractivity contribution in [3.8, 4) is 0 Å². The third-order valence-electron chi connectivity index (χ3n) is 2.82. The van der Waals surface area contributed by atoms with E-state index in [9.17, 15) is 18.0 Å². The number of aryl methyl sites for hydroxylation is 1. The van der Waals surface area contributed by atoms with Gasteiger partial charge in [0.15, 0.2) is 0 Å². The lowest BCUT2D eigenvalue weighted by atomic mass is 10.2. The van der Waals surface area contributed by atoms with Gasteiger partial charge < -0.3 is 10.3 Å². The number of amides is 1. The number of rotatable bonds is 3. The summed E-state index contributed by atoms with van der Waals surface area (Å²) in [6.07, 6.45) is 1.41. The summed E-state index contributed by atoms with van der Waals surface area (Å²) < 4.78 is 22.9. The molecule has 1 amide bonds. The summed E-state index contributed by atoms with van der Waals surface area (Å²) in [6.45, 7) is 1.59. The maximum absolute atomic E-state index is 12.0. The lowest BCUT2D eigenvalue weighted by molar-refractivity contribution is 0.102. The fourth-order valence-electron chi connectivity index (χ4n) is 1.78. The highest BCUT2D eigenvalue weighted by Crippen LogP contribution is 2.19. The number of H-pyrrole nitrogens is 1. The summed E-state index contributed by atoms with van der Waals surface area (Å²) >= 11 is 0. The Morgan fingerprint density at radius 3 is 2.62 bits per heavy atom. The highest BCUT2D eigenvalue weighted by molar-refractivity contribution is 7.89. The maximum atomic E-state index is 12.0. The molecular formula is C13H13N3O4S. The zero-order chi connectivity index (χ0) is 15.6. The van der Waals surface area contributed by atoms with Crippen molar-refractivity contribution in [2.75, 3.05) is 5.32 Å². The van der Waals surface area contributed by atoms with E-state index in [1.165, 1.54) is 36.5 Å². The molecular weight excluding hydrogens is 294 g/mol. The lowest BCUT2D eigenvalue weighted by Crippen LogP contribution is -2.22. The Morgan fingerprint density at radius 2 is 2.00 bits per heavy atom. The van der Waals surface area contributed by atoms with Crippen LogP contribution in [0, 0.1) is 6.92 Å². The fraction of sp³-hybridized carbons (Fsp3) is 0.0769. The van der Waals surface area contributed by atoms with Crippen LogP contribution in [-0.2, 0) is 10.0 Å². The van der Waals surface area contributed by atoms with Crippen LogP contribution in [0.25, 0.3) is 0 Å². The minimum atomic E-state index is -3.88. The predicted molar refractivity (Wildman–Crippen MR) is 77.6 cm³/mol. The molecule has 0 spiro atoms. The number of hydrogen-bond acceptors (Lipinski definition) is 4. The molecule has 1 aromatic carbocycles. The van der Waals surface area contributed by atoms with E-state index in [1.54, 1.807) is 6.92 Å². The molecule has 0 unspecified atom stereocenters. The van der Waals surface area contributed by atoms with Crippen LogP contribution in [0.1, 0.15) is 15.9 Å². The molecule has 0 fully saturated rings. The molecule has 0 radical (unpaired) electrons. The average Bonchev–Trinajstić information content (AvgIpc) is 2.40. The SMILES string of the molecule is Cc1ccc(NC(=O)c2ccc[nH]c2=O)cc1S(N)(=O)=O. The molecule has 0 atom stereocenters. The van der Waals surface area contributed by atoms with Crippen LogP contribution in [0.4, 0.5) is 5.69 Å². The number of sulfonamides is 1. The van der Waals surface area contributed by atoms with Crippen LogP contribution >= 0.6 is 0 Å². The lowest BCUT2D eigenvalue weighted by Gasteiger charge is -2.08. The molecule has 0 bridgehead atoms. The van der Waals surface area contributed by atoms with Gasteiger partial charge >= 0.3 is 0 Å². The monoisotopic (exact) mass is 307 g/mol. The molecule has 4 N–H and O–H groups in total. The Labute approximate surface area is 120 Å². The van der Waals surface area contributed by atoms with E-state index in [-0.39, 0.29) is 16.1 Å². The Kier molecular flexibility index (Phi) is 3.92. The molecule has 0 aliphatic heterocycles. The number of hydrogen-bond donors (Lipinski definition) is 3.